The second kappa shape index (κ2) is 10.6. The van der Waals surface area contributed by atoms with Gasteiger partial charge in [0.1, 0.15) is 6.04 Å². The first-order valence-corrected chi connectivity index (χ1v) is 11.8. The van der Waals surface area contributed by atoms with E-state index in [1.54, 1.807) is 29.8 Å². The molecular weight excluding hydrogens is 497 g/mol. The molecule has 174 valence electrons. The molecule has 0 aliphatic carbocycles. The number of hydrogen-bond donors (Lipinski definition) is 5. The molecule has 2 aromatic carbocycles. The smallest absolute Gasteiger partial charge is 0.337 e. The lowest BCUT2D eigenvalue weighted by Crippen LogP contribution is -2.53. The highest BCUT2D eigenvalue weighted by Gasteiger charge is 2.24. The number of carbonyl (C=O) groups excluding carboxylic acids is 3. The van der Waals surface area contributed by atoms with E-state index in [0.717, 1.165) is 16.5 Å². The zero-order chi connectivity index (χ0) is 24.1. The van der Waals surface area contributed by atoms with E-state index in [1.165, 1.54) is 23.5 Å². The van der Waals surface area contributed by atoms with Crippen molar-refractivity contribution in [3.63, 3.8) is 0 Å². The van der Waals surface area contributed by atoms with E-state index in [9.17, 15) is 14.4 Å². The number of carbonyl (C=O) groups is 3. The molecule has 0 saturated carbocycles. The SMILES string of the molecule is O=C(NNC(=O)[C@H](Cc1c[nH]c2ccccc12)NC(=O)c1cccs1)Nc1ccc(Cl)c(Cl)c1. The highest BCUT2D eigenvalue weighted by molar-refractivity contribution is 7.12. The molecule has 4 rings (SSSR count). The summed E-state index contributed by atoms with van der Waals surface area (Å²) in [6.07, 6.45) is 2.01. The Kier molecular flexibility index (Phi) is 7.36. The number of thiophene rings is 1. The minimum absolute atomic E-state index is 0.211. The predicted octanol–water partition coefficient (Wildman–Crippen LogP) is 4.73. The second-order valence-electron chi connectivity index (χ2n) is 7.26. The van der Waals surface area contributed by atoms with E-state index >= 15 is 0 Å². The summed E-state index contributed by atoms with van der Waals surface area (Å²) in [5.74, 6) is -0.963. The number of urea groups is 1. The van der Waals surface area contributed by atoms with E-state index in [2.05, 4.69) is 26.5 Å². The number of halogens is 2. The number of amides is 4. The van der Waals surface area contributed by atoms with Crippen molar-refractivity contribution in [2.24, 2.45) is 0 Å². The van der Waals surface area contributed by atoms with E-state index in [4.69, 9.17) is 23.2 Å². The Morgan fingerprint density at radius 3 is 2.56 bits per heavy atom. The van der Waals surface area contributed by atoms with Gasteiger partial charge in [-0.3, -0.25) is 15.0 Å². The minimum Gasteiger partial charge on any atom is -0.361 e. The Hall–Kier alpha value is -3.53. The van der Waals surface area contributed by atoms with Crippen LogP contribution in [0.3, 0.4) is 0 Å². The highest BCUT2D eigenvalue weighted by Crippen LogP contribution is 2.25. The van der Waals surface area contributed by atoms with E-state index in [1.807, 2.05) is 24.3 Å². The maximum absolute atomic E-state index is 13.0. The quantitative estimate of drug-likeness (QED) is 0.239. The zero-order valence-electron chi connectivity index (χ0n) is 17.5. The first-order chi connectivity index (χ1) is 16.4. The summed E-state index contributed by atoms with van der Waals surface area (Å²) >= 11 is 13.1. The van der Waals surface area contributed by atoms with Crippen molar-refractivity contribution in [3.8, 4) is 0 Å². The zero-order valence-corrected chi connectivity index (χ0v) is 19.9. The Balaban J connectivity index is 1.44. The van der Waals surface area contributed by atoms with Crippen molar-refractivity contribution in [2.45, 2.75) is 12.5 Å². The number of fused-ring (bicyclic) bond motifs is 1. The van der Waals surface area contributed by atoms with Crippen LogP contribution in [0.25, 0.3) is 10.9 Å². The van der Waals surface area contributed by atoms with Crippen molar-refractivity contribution in [2.75, 3.05) is 5.32 Å². The normalized spacial score (nSPS) is 11.6. The van der Waals surface area contributed by atoms with Crippen LogP contribution in [0.1, 0.15) is 15.2 Å². The minimum atomic E-state index is -0.945. The number of hydrogen-bond acceptors (Lipinski definition) is 4. The number of aromatic nitrogens is 1. The molecule has 4 aromatic rings. The molecule has 0 aliphatic rings. The van der Waals surface area contributed by atoms with Crippen molar-refractivity contribution >= 4 is 69.0 Å². The molecule has 0 radical (unpaired) electrons. The number of anilines is 1. The molecule has 8 nitrogen and oxygen atoms in total. The van der Waals surface area contributed by atoms with Gasteiger partial charge in [0.05, 0.1) is 14.9 Å². The molecule has 34 heavy (non-hydrogen) atoms. The van der Waals surface area contributed by atoms with Gasteiger partial charge in [0.25, 0.3) is 11.8 Å². The van der Waals surface area contributed by atoms with Crippen LogP contribution in [0, 0.1) is 0 Å². The van der Waals surface area contributed by atoms with Crippen molar-refractivity contribution in [1.29, 1.82) is 0 Å². The maximum Gasteiger partial charge on any atom is 0.337 e. The van der Waals surface area contributed by atoms with Crippen LogP contribution in [0.2, 0.25) is 10.0 Å². The monoisotopic (exact) mass is 515 g/mol. The summed E-state index contributed by atoms with van der Waals surface area (Å²) in [5, 5.41) is 8.63. The van der Waals surface area contributed by atoms with Crippen LogP contribution in [0.15, 0.2) is 66.2 Å². The number of para-hydroxylation sites is 1. The van der Waals surface area contributed by atoms with Gasteiger partial charge in [-0.2, -0.15) is 0 Å². The van der Waals surface area contributed by atoms with E-state index in [0.29, 0.717) is 15.6 Å². The topological polar surface area (TPSA) is 115 Å². The third kappa shape index (κ3) is 5.69. The first-order valence-electron chi connectivity index (χ1n) is 10.1. The largest absolute Gasteiger partial charge is 0.361 e. The Labute approximate surface area is 208 Å². The molecule has 0 saturated heterocycles. The van der Waals surface area contributed by atoms with Crippen LogP contribution in [-0.4, -0.2) is 28.9 Å². The molecule has 0 unspecified atom stereocenters. The van der Waals surface area contributed by atoms with Crippen LogP contribution in [-0.2, 0) is 11.2 Å². The lowest BCUT2D eigenvalue weighted by Gasteiger charge is -2.18. The average molecular weight is 516 g/mol. The summed E-state index contributed by atoms with van der Waals surface area (Å²) in [6, 6.07) is 14.0. The lowest BCUT2D eigenvalue weighted by molar-refractivity contribution is -0.123. The number of H-pyrrole nitrogens is 1. The molecule has 0 bridgehead atoms. The van der Waals surface area contributed by atoms with Crippen LogP contribution >= 0.6 is 34.5 Å². The van der Waals surface area contributed by atoms with Gasteiger partial charge in [-0.15, -0.1) is 11.3 Å². The van der Waals surface area contributed by atoms with Crippen molar-refractivity contribution in [1.82, 2.24) is 21.2 Å². The van der Waals surface area contributed by atoms with Gasteiger partial charge in [-0.05, 0) is 41.3 Å². The van der Waals surface area contributed by atoms with Crippen LogP contribution < -0.4 is 21.5 Å². The van der Waals surface area contributed by atoms with Crippen LogP contribution in [0.5, 0.6) is 0 Å². The van der Waals surface area contributed by atoms with Gasteiger partial charge in [-0.1, -0.05) is 47.5 Å². The molecule has 5 N–H and O–H groups in total. The fourth-order valence-electron chi connectivity index (χ4n) is 3.31. The van der Waals surface area contributed by atoms with Gasteiger partial charge in [0.2, 0.25) is 0 Å². The summed E-state index contributed by atoms with van der Waals surface area (Å²) < 4.78 is 0. The Bertz CT molecular complexity index is 1340. The average Bonchev–Trinajstić information content (AvgIpc) is 3.50. The second-order valence-corrected chi connectivity index (χ2v) is 9.03. The molecule has 0 aliphatic heterocycles. The Morgan fingerprint density at radius 2 is 1.79 bits per heavy atom. The van der Waals surface area contributed by atoms with E-state index in [-0.39, 0.29) is 17.4 Å². The summed E-state index contributed by atoms with van der Waals surface area (Å²) in [6.45, 7) is 0. The molecule has 0 spiro atoms. The summed E-state index contributed by atoms with van der Waals surface area (Å²) in [7, 11) is 0. The highest BCUT2D eigenvalue weighted by atomic mass is 35.5. The van der Waals surface area contributed by atoms with Crippen LogP contribution in [0.4, 0.5) is 10.5 Å². The number of rotatable bonds is 6. The molecule has 11 heteroatoms. The predicted molar refractivity (Wildman–Crippen MR) is 134 cm³/mol. The third-order valence-corrected chi connectivity index (χ3v) is 6.55. The molecule has 1 atom stereocenters. The Morgan fingerprint density at radius 1 is 0.971 bits per heavy atom. The fraction of sp³-hybridized carbons (Fsp3) is 0.0870. The molecular formula is C23H19Cl2N5O3S. The van der Waals surface area contributed by atoms with Gasteiger partial charge < -0.3 is 15.6 Å². The standard InChI is InChI=1S/C23H19Cl2N5O3S/c24-16-8-7-14(11-17(16)25)27-23(33)30-29-21(31)19(28-22(32)20-6-3-9-34-20)10-13-12-26-18-5-2-1-4-15(13)18/h1-9,11-12,19,26H,10H2,(H,28,32)(H,29,31)(H2,27,30,33)/t19-/m0/s1. The van der Waals surface area contributed by atoms with Crippen molar-refractivity contribution in [3.05, 3.63) is 86.7 Å². The van der Waals surface area contributed by atoms with Gasteiger partial charge in [0.15, 0.2) is 0 Å². The molecule has 0 fully saturated rings. The van der Waals surface area contributed by atoms with E-state index < -0.39 is 18.0 Å². The molecule has 4 amide bonds. The molecule has 2 heterocycles. The first kappa shape index (κ1) is 23.6. The van der Waals surface area contributed by atoms with Gasteiger partial charge in [-0.25, -0.2) is 10.2 Å². The number of nitrogens with one attached hydrogen (secondary N) is 5. The third-order valence-electron chi connectivity index (χ3n) is 4.94. The summed E-state index contributed by atoms with van der Waals surface area (Å²) in [5.41, 5.74) is 6.80. The van der Waals surface area contributed by atoms with Gasteiger partial charge in [0, 0.05) is 29.2 Å². The maximum atomic E-state index is 13.0. The fourth-order valence-corrected chi connectivity index (χ4v) is 4.23. The summed E-state index contributed by atoms with van der Waals surface area (Å²) in [4.78, 5) is 41.5. The number of benzene rings is 2. The number of aromatic amines is 1. The van der Waals surface area contributed by atoms with Crippen molar-refractivity contribution < 1.29 is 14.4 Å². The van der Waals surface area contributed by atoms with Gasteiger partial charge >= 0.3 is 6.03 Å². The molecule has 2 aromatic heterocycles. The lowest BCUT2D eigenvalue weighted by atomic mass is 10.0. The number of hydrazine groups is 1.